The molecule has 0 aliphatic carbocycles. The molecule has 2 aromatic carbocycles. The van der Waals surface area contributed by atoms with Crippen molar-refractivity contribution in [3.8, 4) is 11.5 Å². The molecule has 2 aliphatic heterocycles. The smallest absolute Gasteiger partial charge is 0.291 e. The molecule has 3 aromatic rings. The van der Waals surface area contributed by atoms with Crippen LogP contribution in [0.15, 0.2) is 65.3 Å². The maximum atomic E-state index is 13.2. The largest absolute Gasteiger partial charge is 0.486 e. The number of rotatable bonds is 4. The summed E-state index contributed by atoms with van der Waals surface area (Å²) in [4.78, 5) is 27.2. The van der Waals surface area contributed by atoms with E-state index < -0.39 is 0 Å². The second kappa shape index (κ2) is 8.18. The number of ether oxygens (including phenoxy) is 2. The van der Waals surface area contributed by atoms with Crippen molar-refractivity contribution in [1.82, 2.24) is 4.90 Å². The molecule has 1 N–H and O–H groups in total. The third kappa shape index (κ3) is 3.86. The molecule has 31 heavy (non-hydrogen) atoms. The average Bonchev–Trinajstić information content (AvgIpc) is 3.51. The number of carbonyl (C=O) groups excluding carboxylic acids is 2. The van der Waals surface area contributed by atoms with Crippen molar-refractivity contribution < 1.29 is 23.5 Å². The maximum absolute atomic E-state index is 13.2. The molecule has 0 saturated carbocycles. The van der Waals surface area contributed by atoms with Crippen molar-refractivity contribution in [3.63, 3.8) is 0 Å². The van der Waals surface area contributed by atoms with Gasteiger partial charge in [-0.15, -0.1) is 0 Å². The molecule has 7 heteroatoms. The molecule has 2 amide bonds. The monoisotopic (exact) mass is 418 g/mol. The Hall–Kier alpha value is -3.74. The Bertz CT molecular complexity index is 1090. The average molecular weight is 418 g/mol. The molecule has 0 bridgehead atoms. The van der Waals surface area contributed by atoms with E-state index in [1.54, 1.807) is 36.4 Å². The van der Waals surface area contributed by atoms with Gasteiger partial charge in [0.25, 0.3) is 11.8 Å². The Labute approximate surface area is 179 Å². The summed E-state index contributed by atoms with van der Waals surface area (Å²) in [5.41, 5.74) is 2.24. The van der Waals surface area contributed by atoms with Gasteiger partial charge in [-0.25, -0.2) is 0 Å². The van der Waals surface area contributed by atoms with Gasteiger partial charge in [0.1, 0.15) is 13.2 Å². The summed E-state index contributed by atoms with van der Waals surface area (Å²) in [6, 6.07) is 16.1. The molecule has 0 spiro atoms. The number of nitrogens with one attached hydrogen (secondary N) is 1. The van der Waals surface area contributed by atoms with Gasteiger partial charge in [0.05, 0.1) is 12.3 Å². The zero-order chi connectivity index (χ0) is 21.2. The number of likely N-dealkylation sites (tertiary alicyclic amines) is 1. The van der Waals surface area contributed by atoms with Gasteiger partial charge in [-0.2, -0.15) is 0 Å². The van der Waals surface area contributed by atoms with Crippen LogP contribution in [0.2, 0.25) is 0 Å². The second-order valence-corrected chi connectivity index (χ2v) is 7.57. The van der Waals surface area contributed by atoms with E-state index in [4.69, 9.17) is 13.9 Å². The zero-order valence-corrected chi connectivity index (χ0v) is 16.9. The molecule has 2 aliphatic rings. The number of carbonyl (C=O) groups is 2. The summed E-state index contributed by atoms with van der Waals surface area (Å²) in [6.07, 6.45) is 3.30. The number of amides is 2. The van der Waals surface area contributed by atoms with E-state index in [0.29, 0.717) is 31.0 Å². The van der Waals surface area contributed by atoms with Crippen LogP contribution in [0, 0.1) is 0 Å². The summed E-state index contributed by atoms with van der Waals surface area (Å²) in [5.74, 6) is 1.36. The molecule has 0 unspecified atom stereocenters. The van der Waals surface area contributed by atoms with Gasteiger partial charge in [-0.3, -0.25) is 9.59 Å². The maximum Gasteiger partial charge on any atom is 0.291 e. The van der Waals surface area contributed by atoms with Crippen LogP contribution in [0.3, 0.4) is 0 Å². The molecule has 1 aromatic heterocycles. The molecule has 1 atom stereocenters. The van der Waals surface area contributed by atoms with E-state index in [9.17, 15) is 9.59 Å². The predicted molar refractivity (Wildman–Crippen MR) is 114 cm³/mol. The minimum Gasteiger partial charge on any atom is -0.486 e. The fraction of sp³-hybridized carbons (Fsp3) is 0.250. The predicted octanol–water partition coefficient (Wildman–Crippen LogP) is 4.28. The highest BCUT2D eigenvalue weighted by Gasteiger charge is 2.31. The van der Waals surface area contributed by atoms with Crippen LogP contribution >= 0.6 is 0 Å². The van der Waals surface area contributed by atoms with Crippen molar-refractivity contribution >= 4 is 17.5 Å². The molecule has 158 valence electrons. The van der Waals surface area contributed by atoms with Crippen molar-refractivity contribution in [1.29, 1.82) is 0 Å². The normalized spacial score (nSPS) is 17.4. The van der Waals surface area contributed by atoms with Gasteiger partial charge in [0.2, 0.25) is 0 Å². The van der Waals surface area contributed by atoms with Crippen molar-refractivity contribution in [2.75, 3.05) is 25.1 Å². The number of hydrogen-bond acceptors (Lipinski definition) is 5. The lowest BCUT2D eigenvalue weighted by atomic mass is 10.0. The SMILES string of the molecule is O=C(Nc1ccc(C(=O)N2CCC[C@H]2c2ccc3c(c2)OCCO3)cc1)c1ccco1. The van der Waals surface area contributed by atoms with Gasteiger partial charge >= 0.3 is 0 Å². The van der Waals surface area contributed by atoms with Crippen LogP contribution in [-0.4, -0.2) is 36.5 Å². The van der Waals surface area contributed by atoms with Crippen LogP contribution in [0.4, 0.5) is 5.69 Å². The second-order valence-electron chi connectivity index (χ2n) is 7.57. The van der Waals surface area contributed by atoms with Crippen LogP contribution in [0.1, 0.15) is 45.4 Å². The first-order valence-electron chi connectivity index (χ1n) is 10.3. The summed E-state index contributed by atoms with van der Waals surface area (Å²) < 4.78 is 16.4. The summed E-state index contributed by atoms with van der Waals surface area (Å²) in [7, 11) is 0. The Morgan fingerprint density at radius 3 is 2.55 bits per heavy atom. The Kier molecular flexibility index (Phi) is 5.08. The Balaban J connectivity index is 1.30. The van der Waals surface area contributed by atoms with Gasteiger partial charge in [-0.1, -0.05) is 6.07 Å². The van der Waals surface area contributed by atoms with Crippen LogP contribution in [0.5, 0.6) is 11.5 Å². The first-order valence-corrected chi connectivity index (χ1v) is 10.3. The van der Waals surface area contributed by atoms with E-state index in [0.717, 1.165) is 29.9 Å². The zero-order valence-electron chi connectivity index (χ0n) is 16.9. The highest BCUT2D eigenvalue weighted by molar-refractivity contribution is 6.02. The first kappa shape index (κ1) is 19.2. The van der Waals surface area contributed by atoms with E-state index in [1.807, 2.05) is 23.1 Å². The number of anilines is 1. The van der Waals surface area contributed by atoms with Crippen LogP contribution in [-0.2, 0) is 0 Å². The first-order chi connectivity index (χ1) is 15.2. The summed E-state index contributed by atoms with van der Waals surface area (Å²) in [5, 5.41) is 2.76. The molecular formula is C24H22N2O5. The van der Waals surface area contributed by atoms with E-state index in [1.165, 1.54) is 6.26 Å². The van der Waals surface area contributed by atoms with Gasteiger partial charge in [-0.05, 0) is 66.9 Å². The van der Waals surface area contributed by atoms with Gasteiger partial charge in [0.15, 0.2) is 17.3 Å². The van der Waals surface area contributed by atoms with Crippen molar-refractivity contribution in [2.24, 2.45) is 0 Å². The van der Waals surface area contributed by atoms with Crippen molar-refractivity contribution in [3.05, 3.63) is 77.7 Å². The van der Waals surface area contributed by atoms with Crippen LogP contribution in [0.25, 0.3) is 0 Å². The number of nitrogens with zero attached hydrogens (tertiary/aromatic N) is 1. The van der Waals surface area contributed by atoms with Crippen molar-refractivity contribution in [2.45, 2.75) is 18.9 Å². The van der Waals surface area contributed by atoms with E-state index in [-0.39, 0.29) is 23.6 Å². The summed E-state index contributed by atoms with van der Waals surface area (Å²) >= 11 is 0. The molecule has 3 heterocycles. The van der Waals surface area contributed by atoms with E-state index >= 15 is 0 Å². The topological polar surface area (TPSA) is 81.0 Å². The highest BCUT2D eigenvalue weighted by atomic mass is 16.6. The van der Waals surface area contributed by atoms with Gasteiger partial charge < -0.3 is 24.1 Å². The minimum absolute atomic E-state index is 0.00154. The lowest BCUT2D eigenvalue weighted by molar-refractivity contribution is 0.0735. The lowest BCUT2D eigenvalue weighted by Gasteiger charge is -2.27. The molecule has 1 fully saturated rings. The standard InChI is InChI=1S/C24H22N2O5/c27-23(21-4-2-12-29-21)25-18-8-5-16(6-9-18)24(28)26-11-1-3-19(26)17-7-10-20-22(15-17)31-14-13-30-20/h2,4-10,12,15,19H,1,3,11,13-14H2,(H,25,27)/t19-/m0/s1. The summed E-state index contributed by atoms with van der Waals surface area (Å²) in [6.45, 7) is 1.79. The quantitative estimate of drug-likeness (QED) is 0.684. The Morgan fingerprint density at radius 1 is 0.968 bits per heavy atom. The number of hydrogen-bond donors (Lipinski definition) is 1. The molecule has 7 nitrogen and oxygen atoms in total. The molecule has 1 saturated heterocycles. The third-order valence-electron chi connectivity index (χ3n) is 5.60. The molecule has 5 rings (SSSR count). The Morgan fingerprint density at radius 2 is 1.77 bits per heavy atom. The third-order valence-corrected chi connectivity index (χ3v) is 5.60. The number of furan rings is 1. The van der Waals surface area contributed by atoms with Crippen LogP contribution < -0.4 is 14.8 Å². The minimum atomic E-state index is -0.331. The lowest BCUT2D eigenvalue weighted by Crippen LogP contribution is -2.30. The highest BCUT2D eigenvalue weighted by Crippen LogP contribution is 2.38. The number of fused-ring (bicyclic) bond motifs is 1. The van der Waals surface area contributed by atoms with E-state index in [2.05, 4.69) is 5.32 Å². The number of benzene rings is 2. The fourth-order valence-electron chi connectivity index (χ4n) is 4.09. The fourth-order valence-corrected chi connectivity index (χ4v) is 4.09. The molecule has 0 radical (unpaired) electrons. The van der Waals surface area contributed by atoms with Gasteiger partial charge in [0, 0.05) is 17.8 Å². The molecular weight excluding hydrogens is 396 g/mol.